The van der Waals surface area contributed by atoms with Crippen LogP contribution in [0.3, 0.4) is 0 Å². The SMILES string of the molecule is Clc1nc(-c2ccccc2)nc(-c2ccccc2)n1.[2H]c1c([2H])c([2H])c(-c2nc(-c3cc(-c4nc(-c5ccccc5)nc(-c5ccccc5)n4)ccc3-n3c4ccccc4c4c(-c5ccccc5)cccc43)nc(-c3c([2H])c([2H])c([2H])c([2H])c3[2H])n2)c([2H])c1[2H].[2H]c1c([2H])c([2H])c(-c2nc(-c3cc(B4OC(C)(C)C(C)(C)O4)ccc3-n3c4ccccc4c4c(-c5ccccc5)cccc43)nc(-c3c([2H])c([2H])c([2H])c([2H])c3[2H])n2)c([2H])c1[2H]. The molecule has 630 valence electrons. The van der Waals surface area contributed by atoms with Gasteiger partial charge in [0.2, 0.25) is 5.28 Å². The van der Waals surface area contributed by atoms with Crippen molar-refractivity contribution in [2.75, 3.05) is 0 Å². The fourth-order valence-electron chi connectivity index (χ4n) is 16.0. The van der Waals surface area contributed by atoms with Crippen LogP contribution < -0.4 is 5.46 Å². The third-order valence-electron chi connectivity index (χ3n) is 22.9. The smallest absolute Gasteiger partial charge is 0.399 e. The minimum Gasteiger partial charge on any atom is -0.399 e. The van der Waals surface area contributed by atoms with E-state index < -0.39 is 151 Å². The van der Waals surface area contributed by atoms with Crippen molar-refractivity contribution in [3.8, 4) is 159 Å². The first-order chi connectivity index (χ1) is 73.1. The number of halogens is 1. The first-order valence-electron chi connectivity index (χ1n) is 52.1. The van der Waals surface area contributed by atoms with E-state index in [1.165, 1.54) is 0 Å². The summed E-state index contributed by atoms with van der Waals surface area (Å²) in [5.74, 6) is 0.542. The van der Waals surface area contributed by atoms with Crippen LogP contribution in [0.5, 0.6) is 0 Å². The Hall–Kier alpha value is -16.6. The zero-order valence-electron chi connectivity index (χ0n) is 90.9. The fourth-order valence-corrected chi connectivity index (χ4v) is 16.1. The number of para-hydroxylation sites is 2. The van der Waals surface area contributed by atoms with E-state index in [1.54, 1.807) is 12.1 Å². The molecule has 16 aromatic carbocycles. The molecule has 132 heavy (non-hydrogen) atoms. The number of nitrogens with zero attached hydrogens (tertiary/aromatic N) is 14. The number of hydrogen-bond donors (Lipinski definition) is 0. The number of benzene rings is 16. The van der Waals surface area contributed by atoms with Gasteiger partial charge in [-0.15, -0.1) is 0 Å². The molecule has 0 radical (unpaired) electrons. The second-order valence-corrected chi connectivity index (χ2v) is 31.9. The lowest BCUT2D eigenvalue weighted by molar-refractivity contribution is 0.00578. The van der Waals surface area contributed by atoms with Crippen molar-refractivity contribution in [3.63, 3.8) is 0 Å². The highest BCUT2D eigenvalue weighted by atomic mass is 35.5. The van der Waals surface area contributed by atoms with Gasteiger partial charge in [0.25, 0.3) is 0 Å². The van der Waals surface area contributed by atoms with Gasteiger partial charge in [-0.05, 0) is 122 Å². The molecule has 23 rings (SSSR count). The van der Waals surface area contributed by atoms with E-state index >= 15 is 0 Å². The van der Waals surface area contributed by atoms with Crippen molar-refractivity contribution < 1.29 is 36.7 Å². The van der Waals surface area contributed by atoms with E-state index in [0.717, 1.165) is 88.1 Å². The Balaban J connectivity index is 0.000000151. The first-order valence-corrected chi connectivity index (χ1v) is 42.5. The van der Waals surface area contributed by atoms with E-state index in [-0.39, 0.29) is 56.7 Å². The molecule has 0 saturated carbocycles. The molecule has 18 heteroatoms. The maximum atomic E-state index is 9.00. The predicted octanol–water partition coefficient (Wildman–Crippen LogP) is 26.6. The Morgan fingerprint density at radius 1 is 0.242 bits per heavy atom. The monoisotopic (exact) mass is 1740 g/mol. The third kappa shape index (κ3) is 16.5. The minimum atomic E-state index is -0.849. The standard InChI is InChI=1S/C54H35N7.C45H37BN4O2.C15H10ClN3/c1-6-19-36(20-7-1)42-30-18-32-47-48(42)43-29-16-17-31-45(43)61(47)46-34-33-41(53-57-49(37-21-8-2-9-22-37)55-50(58-53)38-23-10-3-11-24-38)35-44(46)54-59-51(39-25-12-4-13-26-39)56-52(60-54)40-27-14-5-15-28-40;1-44(2)45(3,4)52-46(51-44)33-27-28-38(50-37-25-15-14-23-35(37)40-34(24-16-26-39(40)50)30-17-8-5-9-18-30)36(29-33)43-48-41(31-19-10-6-11-20-31)47-42(49-43)32-21-12-7-13-22-32;16-15-18-13(11-7-3-1-4-8-11)17-14(19-15)12-9-5-2-6-10-12/h1-35H;5-29H,1-4H3;1-10H/i4D,5D,12D,13D,14D,15D,25D,26D,27D,28D;6D,7D,10D,11D,12D,13D,19D,20D,21D,22D;. The van der Waals surface area contributed by atoms with Gasteiger partial charge >= 0.3 is 7.12 Å². The summed E-state index contributed by atoms with van der Waals surface area (Å²) in [4.78, 5) is 56.3. The largest absolute Gasteiger partial charge is 0.494 e. The van der Waals surface area contributed by atoms with E-state index in [9.17, 15) is 0 Å². The van der Waals surface area contributed by atoms with Gasteiger partial charge in [0.1, 0.15) is 0 Å². The molecule has 1 aliphatic rings. The molecule has 1 aliphatic heterocycles. The highest BCUT2D eigenvalue weighted by Crippen LogP contribution is 2.46. The Morgan fingerprint density at radius 2 is 0.515 bits per heavy atom. The van der Waals surface area contributed by atoms with Crippen LogP contribution >= 0.6 is 11.6 Å². The molecule has 6 aromatic heterocycles. The van der Waals surface area contributed by atoms with Crippen molar-refractivity contribution in [1.82, 2.24) is 68.9 Å². The maximum absolute atomic E-state index is 9.00. The van der Waals surface area contributed by atoms with Crippen LogP contribution in [-0.4, -0.2) is 87.3 Å². The Morgan fingerprint density at radius 3 is 0.864 bits per heavy atom. The van der Waals surface area contributed by atoms with E-state index in [4.69, 9.17) is 83.2 Å². The molecule has 16 nitrogen and oxygen atoms in total. The molecule has 1 fully saturated rings. The van der Waals surface area contributed by atoms with Crippen LogP contribution in [0, 0.1) is 0 Å². The van der Waals surface area contributed by atoms with Gasteiger partial charge in [0, 0.05) is 82.7 Å². The van der Waals surface area contributed by atoms with Crippen LogP contribution in [0.1, 0.15) is 55.1 Å². The second-order valence-electron chi connectivity index (χ2n) is 31.6. The van der Waals surface area contributed by atoms with Gasteiger partial charge in [-0.2, -0.15) is 9.97 Å². The summed E-state index contributed by atoms with van der Waals surface area (Å²) in [6.45, 7) is 7.76. The van der Waals surface area contributed by atoms with Crippen molar-refractivity contribution in [1.29, 1.82) is 0 Å². The molecule has 0 bridgehead atoms. The summed E-state index contributed by atoms with van der Waals surface area (Å²) >= 11 is 5.99. The fraction of sp³-hybridized carbons (Fsp3) is 0.0526. The Bertz CT molecular complexity index is 8880. The summed E-state index contributed by atoms with van der Waals surface area (Å²) in [5, 5.41) is 4.03. The van der Waals surface area contributed by atoms with Crippen molar-refractivity contribution in [3.05, 3.63) is 429 Å². The molecule has 1 saturated heterocycles. The zero-order chi connectivity index (χ0) is 106. The maximum Gasteiger partial charge on any atom is 0.494 e. The molecule has 7 heterocycles. The predicted molar refractivity (Wildman–Crippen MR) is 533 cm³/mol. The van der Waals surface area contributed by atoms with Gasteiger partial charge in [-0.1, -0.05) is 370 Å². The summed E-state index contributed by atoms with van der Waals surface area (Å²) in [6, 6.07) is 85.2. The summed E-state index contributed by atoms with van der Waals surface area (Å²) in [6.07, 6.45) is 0. The van der Waals surface area contributed by atoms with Gasteiger partial charge in [-0.3, -0.25) is 0 Å². The molecule has 22 aromatic rings. The van der Waals surface area contributed by atoms with Gasteiger partial charge in [0.05, 0.1) is 72.1 Å². The lowest BCUT2D eigenvalue weighted by atomic mass is 9.78. The Kier molecular flexibility index (Phi) is 17.0. The van der Waals surface area contributed by atoms with Gasteiger partial charge in [-0.25, -0.2) is 49.8 Å². The molecule has 0 spiro atoms. The number of aromatic nitrogens is 14. The van der Waals surface area contributed by atoms with Crippen LogP contribution in [0.15, 0.2) is 424 Å². The lowest BCUT2D eigenvalue weighted by Crippen LogP contribution is -2.41. The average molecular weight is 1750 g/mol. The molecule has 0 unspecified atom stereocenters. The summed E-state index contributed by atoms with van der Waals surface area (Å²) in [5.41, 5.74) is 10.6. The summed E-state index contributed by atoms with van der Waals surface area (Å²) < 4.78 is 190. The Labute approximate surface area is 796 Å². The zero-order valence-corrected chi connectivity index (χ0v) is 71.7. The van der Waals surface area contributed by atoms with Crippen molar-refractivity contribution >= 4 is 67.8 Å². The molecule has 0 aliphatic carbocycles. The van der Waals surface area contributed by atoms with Gasteiger partial charge < -0.3 is 18.4 Å². The van der Waals surface area contributed by atoms with E-state index in [2.05, 4.69) is 76.5 Å². The molecular formula is C114H82BClN14O2. The number of fused-ring (bicyclic) bond motifs is 6. The average Bonchev–Trinajstić information content (AvgIpc) is 1.57. The van der Waals surface area contributed by atoms with E-state index in [1.807, 2.05) is 276 Å². The minimum absolute atomic E-state index is 0.0814. The van der Waals surface area contributed by atoms with Crippen molar-refractivity contribution in [2.45, 2.75) is 38.9 Å². The first kappa shape index (κ1) is 62.6. The molecular weight excluding hydrogens is 1640 g/mol. The number of rotatable bonds is 16. The molecule has 0 amide bonds. The highest BCUT2D eigenvalue weighted by Gasteiger charge is 2.52. The molecule has 0 N–H and O–H groups in total. The third-order valence-corrected chi connectivity index (χ3v) is 23.0. The summed E-state index contributed by atoms with van der Waals surface area (Å²) in [7, 11) is -0.849. The topological polar surface area (TPSA) is 183 Å². The quantitative estimate of drug-likeness (QED) is 0.0833. The lowest BCUT2D eigenvalue weighted by Gasteiger charge is -2.32. The van der Waals surface area contributed by atoms with Crippen LogP contribution in [0.4, 0.5) is 0 Å². The van der Waals surface area contributed by atoms with Crippen LogP contribution in [0.2, 0.25) is 5.28 Å². The van der Waals surface area contributed by atoms with Crippen LogP contribution in [-0.2, 0) is 9.31 Å². The van der Waals surface area contributed by atoms with E-state index in [0.29, 0.717) is 56.8 Å². The van der Waals surface area contributed by atoms with Crippen LogP contribution in [0.25, 0.3) is 203 Å². The van der Waals surface area contributed by atoms with Crippen molar-refractivity contribution in [2.24, 2.45) is 0 Å². The van der Waals surface area contributed by atoms with Gasteiger partial charge in [0.15, 0.2) is 64.1 Å². The number of hydrogen-bond acceptors (Lipinski definition) is 14. The molecule has 0 atom stereocenters. The normalized spacial score (nSPS) is 14.8. The second kappa shape index (κ2) is 35.9. The highest BCUT2D eigenvalue weighted by molar-refractivity contribution is 6.62.